The SMILES string of the molecule is CC1(C)C(=O)Nc2nc(C3=C4C=CN(F)C[NH+]4C(Cc4cccc(F)c4F)=N3)nc(N)c21. The van der Waals surface area contributed by atoms with Gasteiger partial charge in [0.05, 0.1) is 17.4 Å². The van der Waals surface area contributed by atoms with E-state index in [1.807, 2.05) is 0 Å². The van der Waals surface area contributed by atoms with Crippen LogP contribution in [0.25, 0.3) is 5.70 Å². The Kier molecular flexibility index (Phi) is 4.35. The minimum Gasteiger partial charge on any atom is -0.383 e. The number of aromatic nitrogens is 2. The average molecular weight is 442 g/mol. The van der Waals surface area contributed by atoms with E-state index in [1.165, 1.54) is 24.4 Å². The van der Waals surface area contributed by atoms with Crippen LogP contribution in [0, 0.1) is 11.6 Å². The molecule has 1 amide bonds. The lowest BCUT2D eigenvalue weighted by Gasteiger charge is -2.22. The molecule has 5 rings (SSSR count). The van der Waals surface area contributed by atoms with Crippen molar-refractivity contribution in [2.75, 3.05) is 17.7 Å². The maximum Gasteiger partial charge on any atom is 0.235 e. The molecule has 3 aliphatic rings. The Hall–Kier alpha value is -3.73. The maximum absolute atomic E-state index is 14.3. The number of quaternary nitrogens is 1. The van der Waals surface area contributed by atoms with E-state index in [-0.39, 0.29) is 36.2 Å². The molecule has 3 aliphatic heterocycles. The van der Waals surface area contributed by atoms with Crippen molar-refractivity contribution in [1.82, 2.24) is 15.1 Å². The molecule has 164 valence electrons. The van der Waals surface area contributed by atoms with E-state index >= 15 is 0 Å². The van der Waals surface area contributed by atoms with Gasteiger partial charge in [0, 0.05) is 17.8 Å². The molecule has 1 aromatic heterocycles. The zero-order valence-electron chi connectivity index (χ0n) is 17.2. The highest BCUT2D eigenvalue weighted by molar-refractivity contribution is 6.06. The van der Waals surface area contributed by atoms with Crippen LogP contribution < -0.4 is 16.0 Å². The first kappa shape index (κ1) is 20.2. The number of rotatable bonds is 3. The largest absolute Gasteiger partial charge is 0.383 e. The Morgan fingerprint density at radius 2 is 2.06 bits per heavy atom. The number of nitrogens with zero attached hydrogens (tertiary/aromatic N) is 4. The Balaban J connectivity index is 1.60. The first-order chi connectivity index (χ1) is 15.2. The number of aliphatic imine (C=N–C) groups is 1. The molecule has 0 aliphatic carbocycles. The van der Waals surface area contributed by atoms with Crippen molar-refractivity contribution in [3.8, 4) is 0 Å². The summed E-state index contributed by atoms with van der Waals surface area (Å²) in [6, 6.07) is 3.88. The molecule has 0 bridgehead atoms. The minimum absolute atomic E-state index is 0.0439. The standard InChI is InChI=1S/C21H18F3N7O/c1-21(2)14-17(25)27-19(28-18(14)29-20(21)32)16-12-6-7-30(24)9-31(12)13(26-16)8-10-4-3-5-11(22)15(10)23/h3-7H,8-9H2,1-2H3,(H3,25,27,28,29,32)/p+1. The monoisotopic (exact) mass is 442 g/mol. The van der Waals surface area contributed by atoms with Crippen LogP contribution in [0.4, 0.5) is 24.9 Å². The van der Waals surface area contributed by atoms with Crippen molar-refractivity contribution >= 4 is 29.1 Å². The number of fused-ring (bicyclic) bond motifs is 2. The van der Waals surface area contributed by atoms with Crippen molar-refractivity contribution in [1.29, 1.82) is 0 Å². The van der Waals surface area contributed by atoms with Crippen LogP contribution in [0.1, 0.15) is 30.8 Å². The third kappa shape index (κ3) is 2.96. The lowest BCUT2D eigenvalue weighted by molar-refractivity contribution is -0.777. The highest BCUT2D eigenvalue weighted by atomic mass is 19.2. The second-order valence-corrected chi connectivity index (χ2v) is 8.30. The van der Waals surface area contributed by atoms with Crippen molar-refractivity contribution in [3.63, 3.8) is 0 Å². The van der Waals surface area contributed by atoms with E-state index in [0.717, 1.165) is 6.07 Å². The number of nitrogens with one attached hydrogen (secondary N) is 2. The molecule has 2 aromatic rings. The molecule has 1 aromatic carbocycles. The van der Waals surface area contributed by atoms with Crippen molar-refractivity contribution in [2.24, 2.45) is 4.99 Å². The molecule has 0 saturated heterocycles. The summed E-state index contributed by atoms with van der Waals surface area (Å²) in [5, 5.41) is 3.18. The summed E-state index contributed by atoms with van der Waals surface area (Å²) < 4.78 is 41.9. The van der Waals surface area contributed by atoms with Gasteiger partial charge in [-0.2, -0.15) is 10.1 Å². The molecule has 0 saturated carbocycles. The zero-order valence-corrected chi connectivity index (χ0v) is 17.2. The van der Waals surface area contributed by atoms with Crippen LogP contribution in [0.3, 0.4) is 0 Å². The summed E-state index contributed by atoms with van der Waals surface area (Å²) in [6.45, 7) is 3.33. The van der Waals surface area contributed by atoms with Gasteiger partial charge in [0.15, 0.2) is 35.5 Å². The molecule has 0 fully saturated rings. The molecule has 0 spiro atoms. The van der Waals surface area contributed by atoms with Crippen LogP contribution in [-0.4, -0.2) is 33.5 Å². The highest BCUT2D eigenvalue weighted by Gasteiger charge is 2.43. The van der Waals surface area contributed by atoms with Crippen LogP contribution in [0.15, 0.2) is 41.2 Å². The number of hydrogen-bond donors (Lipinski definition) is 3. The Labute approximate surface area is 180 Å². The van der Waals surface area contributed by atoms with Gasteiger partial charge >= 0.3 is 0 Å². The first-order valence-corrected chi connectivity index (χ1v) is 9.88. The highest BCUT2D eigenvalue weighted by Crippen LogP contribution is 2.40. The quantitative estimate of drug-likeness (QED) is 0.625. The van der Waals surface area contributed by atoms with Crippen LogP contribution in [-0.2, 0) is 16.6 Å². The number of hydrogen-bond acceptors (Lipinski definition) is 6. The van der Waals surface area contributed by atoms with E-state index in [1.54, 1.807) is 13.8 Å². The number of nitrogen functional groups attached to an aromatic ring is 1. The molecule has 4 N–H and O–H groups in total. The fourth-order valence-corrected chi connectivity index (χ4v) is 4.13. The van der Waals surface area contributed by atoms with Crippen LogP contribution >= 0.6 is 0 Å². The molecule has 32 heavy (non-hydrogen) atoms. The van der Waals surface area contributed by atoms with E-state index in [0.29, 0.717) is 38.6 Å². The normalized spacial score (nSPS) is 20.9. The van der Waals surface area contributed by atoms with Crippen LogP contribution in [0.5, 0.6) is 0 Å². The van der Waals surface area contributed by atoms with Gasteiger partial charge in [-0.1, -0.05) is 16.6 Å². The van der Waals surface area contributed by atoms with E-state index in [4.69, 9.17) is 5.73 Å². The topological polar surface area (TPSA) is 101 Å². The summed E-state index contributed by atoms with van der Waals surface area (Å²) in [7, 11) is 0. The summed E-state index contributed by atoms with van der Waals surface area (Å²) in [5.41, 5.74) is 6.76. The number of allylic oxidation sites excluding steroid dienone is 1. The molecule has 8 nitrogen and oxygen atoms in total. The average Bonchev–Trinajstić information content (AvgIpc) is 3.19. The van der Waals surface area contributed by atoms with Crippen LogP contribution in [0.2, 0.25) is 0 Å². The lowest BCUT2D eigenvalue weighted by Crippen LogP contribution is -3.13. The maximum atomic E-state index is 14.3. The fourth-order valence-electron chi connectivity index (χ4n) is 4.13. The van der Waals surface area contributed by atoms with E-state index < -0.39 is 17.0 Å². The summed E-state index contributed by atoms with van der Waals surface area (Å²) in [6.07, 6.45) is 2.71. The Bertz CT molecular complexity index is 1270. The summed E-state index contributed by atoms with van der Waals surface area (Å²) in [4.78, 5) is 26.2. The van der Waals surface area contributed by atoms with Crippen molar-refractivity contribution < 1.29 is 23.0 Å². The smallest absolute Gasteiger partial charge is 0.235 e. The Morgan fingerprint density at radius 3 is 2.84 bits per heavy atom. The summed E-state index contributed by atoms with van der Waals surface area (Å²) in [5.74, 6) is -1.24. The molecule has 11 heteroatoms. The van der Waals surface area contributed by atoms with Crippen molar-refractivity contribution in [2.45, 2.75) is 25.7 Å². The van der Waals surface area contributed by atoms with Gasteiger partial charge in [-0.25, -0.2) is 23.6 Å². The van der Waals surface area contributed by atoms with Gasteiger partial charge in [0.1, 0.15) is 11.6 Å². The van der Waals surface area contributed by atoms with E-state index in [9.17, 15) is 18.1 Å². The zero-order chi connectivity index (χ0) is 22.8. The number of amides is 1. The molecular weight excluding hydrogens is 423 g/mol. The van der Waals surface area contributed by atoms with Crippen molar-refractivity contribution in [3.05, 3.63) is 64.8 Å². The Morgan fingerprint density at radius 1 is 1.28 bits per heavy atom. The van der Waals surface area contributed by atoms with Gasteiger partial charge in [-0.15, -0.1) is 0 Å². The number of amidine groups is 1. The van der Waals surface area contributed by atoms with Gasteiger partial charge in [-0.05, 0) is 19.9 Å². The third-order valence-corrected chi connectivity index (χ3v) is 5.85. The molecule has 4 heterocycles. The van der Waals surface area contributed by atoms with Gasteiger partial charge in [0.25, 0.3) is 0 Å². The second kappa shape index (κ2) is 6.89. The predicted octanol–water partition coefficient (Wildman–Crippen LogP) is 1.45. The minimum atomic E-state index is -0.975. The number of nitrogens with two attached hydrogens (primary N) is 1. The number of anilines is 2. The lowest BCUT2D eigenvalue weighted by atomic mass is 9.87. The molecule has 1 unspecified atom stereocenters. The fraction of sp³-hybridized carbons (Fsp3) is 0.238. The first-order valence-electron chi connectivity index (χ1n) is 9.88. The van der Waals surface area contributed by atoms with E-state index in [2.05, 4.69) is 20.3 Å². The van der Waals surface area contributed by atoms with Gasteiger partial charge < -0.3 is 11.1 Å². The molecular formula is C21H19F3N7O+. The number of carbonyl (C=O) groups is 1. The number of halogens is 3. The third-order valence-electron chi connectivity index (χ3n) is 5.85. The summed E-state index contributed by atoms with van der Waals surface area (Å²) >= 11 is 0. The second-order valence-electron chi connectivity index (χ2n) is 8.30. The predicted molar refractivity (Wildman–Crippen MR) is 110 cm³/mol. The number of carbonyl (C=O) groups excluding carboxylic acids is 1. The number of benzene rings is 1. The molecule has 0 radical (unpaired) electrons. The van der Waals surface area contributed by atoms with Gasteiger partial charge in [-0.3, -0.25) is 4.79 Å². The van der Waals surface area contributed by atoms with Gasteiger partial charge in [0.2, 0.25) is 11.7 Å². The molecule has 1 atom stereocenters.